The maximum Gasteiger partial charge on any atom is 0.123 e. The van der Waals surface area contributed by atoms with E-state index in [1.54, 1.807) is 25.3 Å². The quantitative estimate of drug-likeness (QED) is 0.617. The summed E-state index contributed by atoms with van der Waals surface area (Å²) in [5.41, 5.74) is 3.95. The number of hydrogen-bond donors (Lipinski definition) is 2. The second-order valence-corrected chi connectivity index (χ2v) is 5.67. The van der Waals surface area contributed by atoms with E-state index in [0.29, 0.717) is 17.9 Å². The molecular formula is C20H22O3. The first-order chi connectivity index (χ1) is 11.0. The van der Waals surface area contributed by atoms with Gasteiger partial charge >= 0.3 is 0 Å². The summed E-state index contributed by atoms with van der Waals surface area (Å²) in [7, 11) is 1.57. The molecule has 0 aliphatic heterocycles. The van der Waals surface area contributed by atoms with Crippen LogP contribution in [0.3, 0.4) is 0 Å². The van der Waals surface area contributed by atoms with Gasteiger partial charge in [0.2, 0.25) is 0 Å². The van der Waals surface area contributed by atoms with Gasteiger partial charge in [0.05, 0.1) is 7.11 Å². The van der Waals surface area contributed by atoms with E-state index in [1.165, 1.54) is 5.57 Å². The van der Waals surface area contributed by atoms with Gasteiger partial charge < -0.3 is 14.9 Å². The molecule has 0 spiro atoms. The Morgan fingerprint density at radius 1 is 1.00 bits per heavy atom. The van der Waals surface area contributed by atoms with Crippen LogP contribution in [-0.2, 0) is 6.42 Å². The fourth-order valence-electron chi connectivity index (χ4n) is 2.20. The van der Waals surface area contributed by atoms with Crippen molar-refractivity contribution in [3.05, 3.63) is 64.7 Å². The highest BCUT2D eigenvalue weighted by Crippen LogP contribution is 2.24. The minimum Gasteiger partial charge on any atom is -0.508 e. The summed E-state index contributed by atoms with van der Waals surface area (Å²) in [6.45, 7) is 4.08. The summed E-state index contributed by atoms with van der Waals surface area (Å²) in [5.74, 6) is 1.08. The van der Waals surface area contributed by atoms with Crippen LogP contribution in [0.4, 0.5) is 0 Å². The summed E-state index contributed by atoms with van der Waals surface area (Å²) >= 11 is 0. The van der Waals surface area contributed by atoms with E-state index in [9.17, 15) is 10.2 Å². The largest absolute Gasteiger partial charge is 0.508 e. The van der Waals surface area contributed by atoms with Gasteiger partial charge in [-0.05, 0) is 61.2 Å². The lowest BCUT2D eigenvalue weighted by molar-refractivity contribution is 0.407. The first-order valence-electron chi connectivity index (χ1n) is 7.49. The Bertz CT molecular complexity index is 739. The van der Waals surface area contributed by atoms with Gasteiger partial charge in [-0.3, -0.25) is 0 Å². The zero-order chi connectivity index (χ0) is 16.8. The molecule has 0 aliphatic carbocycles. The van der Waals surface area contributed by atoms with Gasteiger partial charge in [-0.15, -0.1) is 0 Å². The molecule has 0 atom stereocenters. The van der Waals surface area contributed by atoms with Crippen molar-refractivity contribution in [3.8, 4) is 17.2 Å². The van der Waals surface area contributed by atoms with Crippen molar-refractivity contribution in [2.45, 2.75) is 20.3 Å². The minimum atomic E-state index is 0.166. The average molecular weight is 310 g/mol. The molecule has 0 aliphatic rings. The highest BCUT2D eigenvalue weighted by Gasteiger charge is 2.01. The Morgan fingerprint density at radius 3 is 2.43 bits per heavy atom. The number of aromatic hydroxyl groups is 2. The molecule has 0 radical (unpaired) electrons. The Morgan fingerprint density at radius 2 is 1.74 bits per heavy atom. The number of allylic oxidation sites excluding steroid dienone is 2. The molecule has 0 unspecified atom stereocenters. The predicted octanol–water partition coefficient (Wildman–Crippen LogP) is 4.79. The van der Waals surface area contributed by atoms with Crippen molar-refractivity contribution in [1.29, 1.82) is 0 Å². The lowest BCUT2D eigenvalue weighted by Gasteiger charge is -2.05. The third kappa shape index (κ3) is 4.92. The summed E-state index contributed by atoms with van der Waals surface area (Å²) in [4.78, 5) is 0. The number of rotatable bonds is 5. The highest BCUT2D eigenvalue weighted by atomic mass is 16.5. The van der Waals surface area contributed by atoms with Crippen molar-refractivity contribution in [3.63, 3.8) is 0 Å². The monoisotopic (exact) mass is 310 g/mol. The number of phenols is 2. The smallest absolute Gasteiger partial charge is 0.123 e. The Kier molecular flexibility index (Phi) is 5.47. The molecule has 0 amide bonds. The third-order valence-electron chi connectivity index (χ3n) is 3.45. The molecule has 0 heterocycles. The topological polar surface area (TPSA) is 49.7 Å². The first-order valence-corrected chi connectivity index (χ1v) is 7.49. The fraction of sp³-hybridized carbons (Fsp3) is 0.200. The molecule has 2 rings (SSSR count). The second-order valence-electron chi connectivity index (χ2n) is 5.67. The van der Waals surface area contributed by atoms with E-state index in [1.807, 2.05) is 44.2 Å². The van der Waals surface area contributed by atoms with Crippen LogP contribution in [0.25, 0.3) is 12.2 Å². The van der Waals surface area contributed by atoms with Gasteiger partial charge in [-0.2, -0.15) is 0 Å². The van der Waals surface area contributed by atoms with Crippen LogP contribution in [0.15, 0.2) is 48.0 Å². The lowest BCUT2D eigenvalue weighted by Crippen LogP contribution is -1.86. The molecule has 0 saturated heterocycles. The van der Waals surface area contributed by atoms with E-state index in [2.05, 4.69) is 6.08 Å². The van der Waals surface area contributed by atoms with E-state index in [0.717, 1.165) is 16.7 Å². The third-order valence-corrected chi connectivity index (χ3v) is 3.45. The molecule has 2 aromatic rings. The molecule has 3 nitrogen and oxygen atoms in total. The molecule has 0 aromatic heterocycles. The standard InChI is InChI=1S/C20H22O3/c1-14(2)4-8-17-10-15(7-9-20(17)22)5-6-16-11-18(21)13-19(12-16)23-3/h4-7,9-13,21-22H,8H2,1-3H3/b6-5+. The zero-order valence-corrected chi connectivity index (χ0v) is 13.7. The van der Waals surface area contributed by atoms with Crippen molar-refractivity contribution in [1.82, 2.24) is 0 Å². The summed E-state index contributed by atoms with van der Waals surface area (Å²) in [6, 6.07) is 10.6. The van der Waals surface area contributed by atoms with Crippen molar-refractivity contribution in [2.75, 3.05) is 7.11 Å². The van der Waals surface area contributed by atoms with E-state index in [4.69, 9.17) is 4.74 Å². The second kappa shape index (κ2) is 7.54. The molecule has 120 valence electrons. The molecule has 0 saturated carbocycles. The maximum atomic E-state index is 9.93. The summed E-state index contributed by atoms with van der Waals surface area (Å²) < 4.78 is 5.14. The molecule has 0 fully saturated rings. The van der Waals surface area contributed by atoms with Gasteiger partial charge in [0.15, 0.2) is 0 Å². The van der Waals surface area contributed by atoms with E-state index in [-0.39, 0.29) is 5.75 Å². The van der Waals surface area contributed by atoms with Crippen LogP contribution in [0.2, 0.25) is 0 Å². The highest BCUT2D eigenvalue weighted by molar-refractivity contribution is 5.71. The number of ether oxygens (including phenoxy) is 1. The van der Waals surface area contributed by atoms with Crippen molar-refractivity contribution in [2.24, 2.45) is 0 Å². The van der Waals surface area contributed by atoms with Crippen LogP contribution in [0.1, 0.15) is 30.5 Å². The molecule has 0 bridgehead atoms. The van der Waals surface area contributed by atoms with Crippen molar-refractivity contribution >= 4 is 12.2 Å². The summed E-state index contributed by atoms with van der Waals surface area (Å²) in [5, 5.41) is 19.6. The maximum absolute atomic E-state index is 9.93. The van der Waals surface area contributed by atoms with E-state index < -0.39 is 0 Å². The van der Waals surface area contributed by atoms with Gasteiger partial charge in [0.25, 0.3) is 0 Å². The number of benzene rings is 2. The first kappa shape index (κ1) is 16.7. The van der Waals surface area contributed by atoms with Gasteiger partial charge in [-0.25, -0.2) is 0 Å². The Balaban J connectivity index is 2.24. The molecule has 23 heavy (non-hydrogen) atoms. The molecule has 2 N–H and O–H groups in total. The zero-order valence-electron chi connectivity index (χ0n) is 13.7. The van der Waals surface area contributed by atoms with Crippen molar-refractivity contribution < 1.29 is 14.9 Å². The SMILES string of the molecule is COc1cc(O)cc(/C=C/c2ccc(O)c(CC=C(C)C)c2)c1. The number of methoxy groups -OCH3 is 1. The average Bonchev–Trinajstić information content (AvgIpc) is 2.52. The van der Waals surface area contributed by atoms with Crippen LogP contribution in [-0.4, -0.2) is 17.3 Å². The van der Waals surface area contributed by atoms with Gasteiger partial charge in [0, 0.05) is 6.07 Å². The number of hydrogen-bond acceptors (Lipinski definition) is 3. The Labute approximate surface area is 137 Å². The van der Waals surface area contributed by atoms with Crippen LogP contribution < -0.4 is 4.74 Å². The van der Waals surface area contributed by atoms with E-state index >= 15 is 0 Å². The molecular weight excluding hydrogens is 288 g/mol. The van der Waals surface area contributed by atoms with Crippen LogP contribution in [0, 0.1) is 0 Å². The Hall–Kier alpha value is -2.68. The molecule has 2 aromatic carbocycles. The lowest BCUT2D eigenvalue weighted by atomic mass is 10.0. The normalized spacial score (nSPS) is 10.7. The summed E-state index contributed by atoms with van der Waals surface area (Å²) in [6.07, 6.45) is 6.64. The number of phenolic OH excluding ortho intramolecular Hbond substituents is 2. The van der Waals surface area contributed by atoms with Crippen LogP contribution in [0.5, 0.6) is 17.2 Å². The van der Waals surface area contributed by atoms with Gasteiger partial charge in [-0.1, -0.05) is 29.9 Å². The minimum absolute atomic E-state index is 0.166. The fourth-order valence-corrected chi connectivity index (χ4v) is 2.20. The van der Waals surface area contributed by atoms with Crippen LogP contribution >= 0.6 is 0 Å². The molecule has 3 heteroatoms. The van der Waals surface area contributed by atoms with Gasteiger partial charge in [0.1, 0.15) is 17.2 Å². The predicted molar refractivity (Wildman–Crippen MR) is 94.8 cm³/mol.